The molecular formula is C18H19N3O2. The lowest BCUT2D eigenvalue weighted by Gasteiger charge is -2.12. The zero-order chi connectivity index (χ0) is 16.5. The summed E-state index contributed by atoms with van der Waals surface area (Å²) < 4.78 is 0. The maximum Gasteiger partial charge on any atom is 0.260 e. The fourth-order valence-corrected chi connectivity index (χ4v) is 2.02. The number of hydrogen-bond acceptors (Lipinski definition) is 3. The lowest BCUT2D eigenvalue weighted by molar-refractivity contribution is 0.0957. The van der Waals surface area contributed by atoms with Crippen LogP contribution in [0.1, 0.15) is 15.9 Å². The van der Waals surface area contributed by atoms with E-state index in [-0.39, 0.29) is 12.1 Å². The van der Waals surface area contributed by atoms with Crippen LogP contribution in [0.2, 0.25) is 0 Å². The molecule has 0 spiro atoms. The number of carbonyl (C=O) groups excluding carboxylic acids is 1. The normalized spacial score (nSPS) is 10.0. The average Bonchev–Trinajstić information content (AvgIpc) is 2.55. The molecule has 1 aromatic carbocycles. The molecule has 118 valence electrons. The van der Waals surface area contributed by atoms with Gasteiger partial charge >= 0.3 is 0 Å². The van der Waals surface area contributed by atoms with Gasteiger partial charge in [0.15, 0.2) is 0 Å². The van der Waals surface area contributed by atoms with Gasteiger partial charge < -0.3 is 10.3 Å². The number of benzene rings is 1. The topological polar surface area (TPSA) is 65.2 Å². The average molecular weight is 309 g/mol. The highest BCUT2D eigenvalue weighted by Gasteiger charge is 2.07. The van der Waals surface area contributed by atoms with Gasteiger partial charge in [0.25, 0.3) is 11.5 Å². The second-order valence-corrected chi connectivity index (χ2v) is 5.11. The number of nitrogens with one attached hydrogen (secondary N) is 2. The van der Waals surface area contributed by atoms with Crippen LogP contribution in [0.15, 0.2) is 53.5 Å². The first-order valence-corrected chi connectivity index (χ1v) is 7.31. The number of H-pyrrole nitrogens is 1. The van der Waals surface area contributed by atoms with Crippen LogP contribution in [-0.4, -0.2) is 35.9 Å². The van der Waals surface area contributed by atoms with Gasteiger partial charge in [-0.25, -0.2) is 0 Å². The highest BCUT2D eigenvalue weighted by molar-refractivity contribution is 5.93. The van der Waals surface area contributed by atoms with Gasteiger partial charge in [0, 0.05) is 12.7 Å². The summed E-state index contributed by atoms with van der Waals surface area (Å²) in [6.07, 6.45) is 1.49. The molecule has 0 aliphatic carbocycles. The van der Waals surface area contributed by atoms with Gasteiger partial charge in [-0.15, -0.1) is 0 Å². The Morgan fingerprint density at radius 2 is 1.96 bits per heavy atom. The number of aromatic amines is 1. The van der Waals surface area contributed by atoms with Crippen molar-refractivity contribution < 1.29 is 4.79 Å². The molecule has 0 aliphatic rings. The molecule has 5 heteroatoms. The molecule has 0 unspecified atom stereocenters. The molecule has 0 saturated carbocycles. The first kappa shape index (κ1) is 16.5. The van der Waals surface area contributed by atoms with E-state index in [1.54, 1.807) is 6.07 Å². The Kier molecular flexibility index (Phi) is 6.16. The Bertz CT molecular complexity index is 757. The van der Waals surface area contributed by atoms with E-state index in [1.807, 2.05) is 25.2 Å². The molecule has 0 saturated heterocycles. The van der Waals surface area contributed by atoms with Crippen molar-refractivity contribution in [2.75, 3.05) is 20.1 Å². The van der Waals surface area contributed by atoms with Crippen LogP contribution in [0.4, 0.5) is 0 Å². The van der Waals surface area contributed by atoms with Crippen molar-refractivity contribution in [1.29, 1.82) is 0 Å². The van der Waals surface area contributed by atoms with Gasteiger partial charge in [-0.1, -0.05) is 42.2 Å². The lowest BCUT2D eigenvalue weighted by atomic mass is 10.2. The first-order valence-electron chi connectivity index (χ1n) is 7.31. The molecule has 0 radical (unpaired) electrons. The van der Waals surface area contributed by atoms with E-state index in [1.165, 1.54) is 17.8 Å². The van der Waals surface area contributed by atoms with Crippen molar-refractivity contribution in [1.82, 2.24) is 15.2 Å². The van der Waals surface area contributed by atoms with Crippen LogP contribution in [0.25, 0.3) is 0 Å². The van der Waals surface area contributed by atoms with Crippen LogP contribution < -0.4 is 10.9 Å². The van der Waals surface area contributed by atoms with Crippen molar-refractivity contribution >= 4 is 5.91 Å². The Morgan fingerprint density at radius 1 is 1.17 bits per heavy atom. The Morgan fingerprint density at radius 3 is 2.70 bits per heavy atom. The second-order valence-electron chi connectivity index (χ2n) is 5.11. The molecule has 0 bridgehead atoms. The number of carbonyl (C=O) groups is 1. The van der Waals surface area contributed by atoms with Crippen LogP contribution in [-0.2, 0) is 6.54 Å². The summed E-state index contributed by atoms with van der Waals surface area (Å²) >= 11 is 0. The smallest absolute Gasteiger partial charge is 0.260 e. The van der Waals surface area contributed by atoms with Crippen LogP contribution in [0.3, 0.4) is 0 Å². The van der Waals surface area contributed by atoms with Gasteiger partial charge in [-0.2, -0.15) is 0 Å². The molecule has 23 heavy (non-hydrogen) atoms. The second kappa shape index (κ2) is 8.57. The molecule has 2 N–H and O–H groups in total. The van der Waals surface area contributed by atoms with E-state index in [0.29, 0.717) is 6.54 Å². The Hall–Kier alpha value is -2.84. The van der Waals surface area contributed by atoms with Gasteiger partial charge in [-0.05, 0) is 24.7 Å². The van der Waals surface area contributed by atoms with E-state index in [4.69, 9.17) is 0 Å². The SMILES string of the molecule is CN(CC#CCNC(=O)c1ccc[nH]c1=O)Cc1ccccc1. The summed E-state index contributed by atoms with van der Waals surface area (Å²) in [5, 5.41) is 2.61. The monoisotopic (exact) mass is 309 g/mol. The van der Waals surface area contributed by atoms with E-state index < -0.39 is 11.5 Å². The highest BCUT2D eigenvalue weighted by Crippen LogP contribution is 2.01. The Balaban J connectivity index is 1.75. The van der Waals surface area contributed by atoms with Gasteiger partial charge in [0.05, 0.1) is 13.1 Å². The molecule has 5 nitrogen and oxygen atoms in total. The van der Waals surface area contributed by atoms with Crippen molar-refractivity contribution in [2.45, 2.75) is 6.54 Å². The third kappa shape index (κ3) is 5.46. The molecule has 0 atom stereocenters. The summed E-state index contributed by atoms with van der Waals surface area (Å²) in [5.74, 6) is 5.47. The molecule has 1 amide bonds. The van der Waals surface area contributed by atoms with E-state index in [2.05, 4.69) is 39.2 Å². The maximum atomic E-state index is 11.8. The number of amides is 1. The van der Waals surface area contributed by atoms with Gasteiger partial charge in [-0.3, -0.25) is 14.5 Å². The molecule has 0 fully saturated rings. The van der Waals surface area contributed by atoms with Crippen molar-refractivity contribution in [2.24, 2.45) is 0 Å². The summed E-state index contributed by atoms with van der Waals surface area (Å²) in [6.45, 7) is 1.64. The number of pyridine rings is 1. The van der Waals surface area contributed by atoms with Crippen LogP contribution in [0.5, 0.6) is 0 Å². The molecule has 0 aliphatic heterocycles. The van der Waals surface area contributed by atoms with Gasteiger partial charge in [0.1, 0.15) is 5.56 Å². The quantitative estimate of drug-likeness (QED) is 0.817. The minimum atomic E-state index is -0.418. The number of nitrogens with zero attached hydrogens (tertiary/aromatic N) is 1. The largest absolute Gasteiger partial charge is 0.341 e. The molecule has 2 aromatic rings. The summed E-state index contributed by atoms with van der Waals surface area (Å²) in [5.41, 5.74) is 0.921. The van der Waals surface area contributed by atoms with Crippen molar-refractivity contribution in [3.05, 3.63) is 70.1 Å². The predicted molar refractivity (Wildman–Crippen MR) is 89.9 cm³/mol. The minimum Gasteiger partial charge on any atom is -0.341 e. The van der Waals surface area contributed by atoms with Crippen molar-refractivity contribution in [3.63, 3.8) is 0 Å². The zero-order valence-electron chi connectivity index (χ0n) is 13.0. The Labute approximate surface area is 135 Å². The fourth-order valence-electron chi connectivity index (χ4n) is 2.02. The number of rotatable bonds is 5. The van der Waals surface area contributed by atoms with E-state index in [9.17, 15) is 9.59 Å². The molecular weight excluding hydrogens is 290 g/mol. The lowest BCUT2D eigenvalue weighted by Crippen LogP contribution is -2.29. The molecule has 1 heterocycles. The maximum absolute atomic E-state index is 11.8. The summed E-state index contributed by atoms with van der Waals surface area (Å²) in [6, 6.07) is 13.2. The third-order valence-electron chi connectivity index (χ3n) is 3.17. The highest BCUT2D eigenvalue weighted by atomic mass is 16.2. The third-order valence-corrected chi connectivity index (χ3v) is 3.17. The summed E-state index contributed by atoms with van der Waals surface area (Å²) in [7, 11) is 1.99. The standard InChI is InChI=1S/C18H19N3O2/c1-21(14-15-8-3-2-4-9-15)13-6-5-11-19-17(22)16-10-7-12-20-18(16)23/h2-4,7-10,12H,11,13-14H2,1H3,(H,19,22)(H,20,23). The van der Waals surface area contributed by atoms with E-state index >= 15 is 0 Å². The molecule has 2 rings (SSSR count). The first-order chi connectivity index (χ1) is 11.2. The van der Waals surface area contributed by atoms with Crippen LogP contribution in [0, 0.1) is 11.8 Å². The van der Waals surface area contributed by atoms with Crippen molar-refractivity contribution in [3.8, 4) is 11.8 Å². The summed E-state index contributed by atoms with van der Waals surface area (Å²) in [4.78, 5) is 27.8. The molecule has 1 aromatic heterocycles. The zero-order valence-corrected chi connectivity index (χ0v) is 13.0. The van der Waals surface area contributed by atoms with Gasteiger partial charge in [0.2, 0.25) is 0 Å². The predicted octanol–water partition coefficient (Wildman–Crippen LogP) is 1.24. The van der Waals surface area contributed by atoms with Crippen LogP contribution >= 0.6 is 0 Å². The van der Waals surface area contributed by atoms with E-state index in [0.717, 1.165) is 6.54 Å². The number of hydrogen-bond donors (Lipinski definition) is 2. The number of aromatic nitrogens is 1. The minimum absolute atomic E-state index is 0.0931. The fraction of sp³-hybridized carbons (Fsp3) is 0.222.